The van der Waals surface area contributed by atoms with Crippen LogP contribution in [0.2, 0.25) is 0 Å². The van der Waals surface area contributed by atoms with Crippen molar-refractivity contribution in [3.05, 3.63) is 0 Å². The minimum atomic E-state index is -5.07. The zero-order valence-corrected chi connectivity index (χ0v) is 13.6. The van der Waals surface area contributed by atoms with E-state index in [-0.39, 0.29) is 26.1 Å². The molecule has 6 nitrogen and oxygen atoms in total. The lowest BCUT2D eigenvalue weighted by atomic mass is 10.1. The summed E-state index contributed by atoms with van der Waals surface area (Å²) in [5.41, 5.74) is 0. The largest absolute Gasteiger partial charge is 0.464 e. The van der Waals surface area contributed by atoms with E-state index in [1.54, 1.807) is 0 Å². The SMILES string of the molecule is O=C(OCCCCCCCCOC(=O)[C@H](O)C(F)(F)F)[C@@H](O)C(F)(F)F. The molecule has 0 aliphatic heterocycles. The number of carbonyl (C=O) groups excluding carboxylic acids is 2. The lowest BCUT2D eigenvalue weighted by Gasteiger charge is -2.13. The molecule has 0 saturated carbocycles. The molecule has 0 bridgehead atoms. The fraction of sp³-hybridized carbons (Fsp3) is 0.857. The van der Waals surface area contributed by atoms with Gasteiger partial charge in [0, 0.05) is 0 Å². The average molecular weight is 398 g/mol. The predicted molar refractivity (Wildman–Crippen MR) is 73.7 cm³/mol. The van der Waals surface area contributed by atoms with Crippen LogP contribution in [-0.2, 0) is 19.1 Å². The maximum Gasteiger partial charge on any atom is 0.425 e. The Bertz CT molecular complexity index is 397. The van der Waals surface area contributed by atoms with Crippen LogP contribution in [0, 0.1) is 0 Å². The van der Waals surface area contributed by atoms with Gasteiger partial charge in [-0.05, 0) is 12.8 Å². The average Bonchev–Trinajstić information content (AvgIpc) is 2.52. The Morgan fingerprint density at radius 3 is 1.19 bits per heavy atom. The molecule has 0 radical (unpaired) electrons. The van der Waals surface area contributed by atoms with Crippen molar-refractivity contribution in [1.29, 1.82) is 0 Å². The van der Waals surface area contributed by atoms with Gasteiger partial charge in [-0.15, -0.1) is 0 Å². The second kappa shape index (κ2) is 11.2. The van der Waals surface area contributed by atoms with Gasteiger partial charge in [0.1, 0.15) is 0 Å². The highest BCUT2D eigenvalue weighted by Gasteiger charge is 2.45. The lowest BCUT2D eigenvalue weighted by molar-refractivity contribution is -0.219. The third-order valence-electron chi connectivity index (χ3n) is 3.09. The van der Waals surface area contributed by atoms with Gasteiger partial charge >= 0.3 is 24.3 Å². The zero-order valence-electron chi connectivity index (χ0n) is 13.6. The molecular weight excluding hydrogens is 378 g/mol. The summed E-state index contributed by atoms with van der Waals surface area (Å²) in [6.07, 6.45) is -13.7. The highest BCUT2D eigenvalue weighted by Crippen LogP contribution is 2.21. The molecule has 26 heavy (non-hydrogen) atoms. The molecule has 0 amide bonds. The smallest absolute Gasteiger partial charge is 0.425 e. The molecule has 0 aromatic rings. The van der Waals surface area contributed by atoms with Crippen LogP contribution in [0.1, 0.15) is 38.5 Å². The first-order valence-electron chi connectivity index (χ1n) is 7.70. The number of esters is 2. The van der Waals surface area contributed by atoms with Crippen molar-refractivity contribution < 1.29 is 55.6 Å². The third kappa shape index (κ3) is 10.4. The number of hydrogen-bond donors (Lipinski definition) is 2. The summed E-state index contributed by atoms with van der Waals surface area (Å²) in [6, 6.07) is 0. The summed E-state index contributed by atoms with van der Waals surface area (Å²) in [6.45, 7) is -0.558. The van der Waals surface area contributed by atoms with Gasteiger partial charge < -0.3 is 19.7 Å². The molecule has 154 valence electrons. The van der Waals surface area contributed by atoms with Crippen molar-refractivity contribution in [3.63, 3.8) is 0 Å². The molecule has 0 saturated heterocycles. The van der Waals surface area contributed by atoms with E-state index in [1.165, 1.54) is 0 Å². The fourth-order valence-electron chi connectivity index (χ4n) is 1.68. The van der Waals surface area contributed by atoms with Gasteiger partial charge in [0.25, 0.3) is 0 Å². The first-order valence-corrected chi connectivity index (χ1v) is 7.70. The Kier molecular flexibility index (Phi) is 10.5. The standard InChI is InChI=1S/C14H20F6O6/c15-13(16,17)9(21)11(23)25-7-5-3-1-2-4-6-8-26-12(24)10(22)14(18,19)20/h9-10,21-22H,1-8H2/t9-,10+. The van der Waals surface area contributed by atoms with Gasteiger partial charge in [-0.2, -0.15) is 26.3 Å². The minimum absolute atomic E-state index is 0.279. The van der Waals surface area contributed by atoms with Gasteiger partial charge in [-0.3, -0.25) is 0 Å². The number of halogens is 6. The Balaban J connectivity index is 3.58. The van der Waals surface area contributed by atoms with E-state index in [1.807, 2.05) is 0 Å². The molecule has 0 aromatic carbocycles. The summed E-state index contributed by atoms with van der Waals surface area (Å²) in [5, 5.41) is 17.2. The zero-order chi connectivity index (χ0) is 20.4. The lowest BCUT2D eigenvalue weighted by Crippen LogP contribution is -2.37. The number of hydrogen-bond acceptors (Lipinski definition) is 6. The minimum Gasteiger partial charge on any atom is -0.464 e. The van der Waals surface area contributed by atoms with Crippen LogP contribution >= 0.6 is 0 Å². The topological polar surface area (TPSA) is 93.1 Å². The molecule has 0 fully saturated rings. The maximum absolute atomic E-state index is 12.0. The summed E-state index contributed by atoms with van der Waals surface area (Å²) in [4.78, 5) is 21.7. The molecule has 12 heteroatoms. The van der Waals surface area contributed by atoms with Crippen LogP contribution in [0.4, 0.5) is 26.3 Å². The van der Waals surface area contributed by atoms with E-state index in [2.05, 4.69) is 9.47 Å². The highest BCUT2D eigenvalue weighted by molar-refractivity contribution is 5.75. The Labute approximate surface area is 145 Å². The van der Waals surface area contributed by atoms with Crippen LogP contribution in [-0.4, -0.2) is 59.9 Å². The van der Waals surface area contributed by atoms with Crippen LogP contribution < -0.4 is 0 Å². The first kappa shape index (κ1) is 24.4. The number of alkyl halides is 6. The van der Waals surface area contributed by atoms with E-state index in [4.69, 9.17) is 10.2 Å². The molecule has 0 aliphatic rings. The molecular formula is C14H20F6O6. The van der Waals surface area contributed by atoms with Crippen molar-refractivity contribution in [2.45, 2.75) is 63.1 Å². The molecule has 2 atom stereocenters. The van der Waals surface area contributed by atoms with Crippen molar-refractivity contribution in [2.75, 3.05) is 13.2 Å². The van der Waals surface area contributed by atoms with Crippen LogP contribution in [0.25, 0.3) is 0 Å². The van der Waals surface area contributed by atoms with Crippen LogP contribution in [0.3, 0.4) is 0 Å². The number of unbranched alkanes of at least 4 members (excludes halogenated alkanes) is 5. The molecule has 0 rings (SSSR count). The van der Waals surface area contributed by atoms with Crippen LogP contribution in [0.15, 0.2) is 0 Å². The molecule has 0 aromatic heterocycles. The first-order chi connectivity index (χ1) is 11.9. The highest BCUT2D eigenvalue weighted by atomic mass is 19.4. The Morgan fingerprint density at radius 1 is 0.654 bits per heavy atom. The summed E-state index contributed by atoms with van der Waals surface area (Å²) < 4.78 is 80.4. The Hall–Kier alpha value is -1.56. The van der Waals surface area contributed by atoms with Gasteiger partial charge in [0.15, 0.2) is 0 Å². The third-order valence-corrected chi connectivity index (χ3v) is 3.09. The number of carbonyl (C=O) groups is 2. The van der Waals surface area contributed by atoms with E-state index >= 15 is 0 Å². The monoisotopic (exact) mass is 398 g/mol. The van der Waals surface area contributed by atoms with Crippen LogP contribution in [0.5, 0.6) is 0 Å². The van der Waals surface area contributed by atoms with Gasteiger partial charge in [0.2, 0.25) is 12.2 Å². The van der Waals surface area contributed by atoms with Gasteiger partial charge in [-0.1, -0.05) is 25.7 Å². The molecule has 0 heterocycles. The second-order valence-corrected chi connectivity index (χ2v) is 5.34. The maximum atomic E-state index is 12.0. The molecule has 2 N–H and O–H groups in total. The number of rotatable bonds is 11. The fourth-order valence-corrected chi connectivity index (χ4v) is 1.68. The van der Waals surface area contributed by atoms with Crippen molar-refractivity contribution >= 4 is 11.9 Å². The van der Waals surface area contributed by atoms with E-state index < -0.39 is 36.5 Å². The summed E-state index contributed by atoms with van der Waals surface area (Å²) in [7, 11) is 0. The second-order valence-electron chi connectivity index (χ2n) is 5.34. The van der Waals surface area contributed by atoms with Crippen molar-refractivity contribution in [2.24, 2.45) is 0 Å². The normalized spacial score (nSPS) is 14.6. The van der Waals surface area contributed by atoms with E-state index in [0.29, 0.717) is 25.7 Å². The van der Waals surface area contributed by atoms with E-state index in [9.17, 15) is 35.9 Å². The van der Waals surface area contributed by atoms with Crippen molar-refractivity contribution in [1.82, 2.24) is 0 Å². The number of aliphatic hydroxyl groups is 2. The molecule has 0 spiro atoms. The summed E-state index contributed by atoms with van der Waals surface area (Å²) >= 11 is 0. The molecule has 0 aliphatic carbocycles. The number of aliphatic hydroxyl groups excluding tert-OH is 2. The van der Waals surface area contributed by atoms with Crippen molar-refractivity contribution in [3.8, 4) is 0 Å². The van der Waals surface area contributed by atoms with Gasteiger partial charge in [-0.25, -0.2) is 9.59 Å². The molecule has 0 unspecified atom stereocenters. The van der Waals surface area contributed by atoms with Gasteiger partial charge in [0.05, 0.1) is 13.2 Å². The number of ether oxygens (including phenoxy) is 2. The summed E-state index contributed by atoms with van der Waals surface area (Å²) in [5.74, 6) is -3.53. The predicted octanol–water partition coefficient (Wildman–Crippen LogP) is 2.26. The quantitative estimate of drug-likeness (QED) is 0.315. The van der Waals surface area contributed by atoms with E-state index in [0.717, 1.165) is 0 Å². The Morgan fingerprint density at radius 2 is 0.923 bits per heavy atom.